The SMILES string of the molecule is CC(C)(C)CNc1c(C#N)cnc2c(Cl)cc(N[C@H](C3=CN(C4(C(F)(F)F)CC4)NN3)c3ccc4nccn4c3)cc12. The molecule has 4 aromatic rings. The molecule has 2 aliphatic rings. The van der Waals surface area contributed by atoms with E-state index in [-0.39, 0.29) is 18.3 Å². The number of anilines is 2. The molecule has 0 bridgehead atoms. The van der Waals surface area contributed by atoms with E-state index in [1.807, 2.05) is 28.8 Å². The molecule has 1 aliphatic heterocycles. The molecular weight excluding hydrogens is 567 g/mol. The maximum atomic E-state index is 13.9. The van der Waals surface area contributed by atoms with Gasteiger partial charge in [-0.3, -0.25) is 9.99 Å². The number of nitriles is 1. The Hall–Kier alpha value is -4.21. The highest BCUT2D eigenvalue weighted by Gasteiger charge is 2.67. The van der Waals surface area contributed by atoms with Gasteiger partial charge in [0.1, 0.15) is 11.7 Å². The van der Waals surface area contributed by atoms with E-state index < -0.39 is 17.8 Å². The standard InChI is InChI=1S/C29H29ClF3N9/c1-27(2,3)16-37-24-18(12-34)13-36-26-20(24)10-19(11-21(26)30)38-25(17-4-5-23-35-8-9-41(23)14-17)22-15-42(40-39-22)28(6-7-28)29(31,32)33/h4-5,8-11,13-15,25,38-40H,6-7,16H2,1-3H3,(H,36,37)/t25-/m0/s1. The minimum absolute atomic E-state index is 0.00685. The van der Waals surface area contributed by atoms with Crippen LogP contribution < -0.4 is 21.6 Å². The second kappa shape index (κ2) is 9.96. The topological polar surface area (TPSA) is 105 Å². The first-order valence-electron chi connectivity index (χ1n) is 13.4. The van der Waals surface area contributed by atoms with Gasteiger partial charge >= 0.3 is 6.18 Å². The van der Waals surface area contributed by atoms with Crippen LogP contribution >= 0.6 is 11.6 Å². The van der Waals surface area contributed by atoms with Gasteiger partial charge in [0, 0.05) is 48.6 Å². The molecule has 6 rings (SSSR count). The highest BCUT2D eigenvalue weighted by Crippen LogP contribution is 2.53. The van der Waals surface area contributed by atoms with Crippen LogP contribution in [0.15, 0.2) is 60.9 Å². The lowest BCUT2D eigenvalue weighted by molar-refractivity contribution is -0.195. The molecular formula is C29H29ClF3N9. The molecule has 9 nitrogen and oxygen atoms in total. The van der Waals surface area contributed by atoms with Crippen molar-refractivity contribution in [2.75, 3.05) is 17.2 Å². The number of hydrogen-bond acceptors (Lipinski definition) is 8. The first-order chi connectivity index (χ1) is 19.9. The fourth-order valence-corrected chi connectivity index (χ4v) is 5.34. The quantitative estimate of drug-likeness (QED) is 0.198. The fraction of sp³-hybridized carbons (Fsp3) is 0.345. The summed E-state index contributed by atoms with van der Waals surface area (Å²) >= 11 is 6.71. The predicted octanol–water partition coefficient (Wildman–Crippen LogP) is 6.28. The van der Waals surface area contributed by atoms with Crippen LogP contribution in [-0.4, -0.2) is 37.6 Å². The Bertz CT molecular complexity index is 1750. The number of aromatic nitrogens is 3. The van der Waals surface area contributed by atoms with E-state index in [4.69, 9.17) is 11.6 Å². The highest BCUT2D eigenvalue weighted by molar-refractivity contribution is 6.35. The van der Waals surface area contributed by atoms with Crippen molar-refractivity contribution in [3.05, 3.63) is 77.1 Å². The average molecular weight is 596 g/mol. The Balaban J connectivity index is 1.43. The Morgan fingerprint density at radius 1 is 1.19 bits per heavy atom. The number of hydrazine groups is 2. The number of fused-ring (bicyclic) bond motifs is 2. The molecule has 1 aliphatic carbocycles. The number of alkyl halides is 3. The molecule has 218 valence electrons. The molecule has 0 saturated heterocycles. The van der Waals surface area contributed by atoms with Crippen LogP contribution in [0.2, 0.25) is 5.02 Å². The lowest BCUT2D eigenvalue weighted by Crippen LogP contribution is -2.52. The molecule has 4 N–H and O–H groups in total. The molecule has 0 amide bonds. The first kappa shape index (κ1) is 27.9. The molecule has 1 atom stereocenters. The first-order valence-corrected chi connectivity index (χ1v) is 13.8. The van der Waals surface area contributed by atoms with Crippen molar-refractivity contribution in [2.45, 2.75) is 51.4 Å². The van der Waals surface area contributed by atoms with E-state index in [2.05, 4.69) is 58.4 Å². The molecule has 42 heavy (non-hydrogen) atoms. The zero-order valence-electron chi connectivity index (χ0n) is 23.1. The third-order valence-corrected chi connectivity index (χ3v) is 7.80. The van der Waals surface area contributed by atoms with E-state index >= 15 is 0 Å². The third kappa shape index (κ3) is 5.03. The van der Waals surface area contributed by atoms with E-state index in [1.165, 1.54) is 12.4 Å². The van der Waals surface area contributed by atoms with Crippen molar-refractivity contribution < 1.29 is 13.2 Å². The van der Waals surface area contributed by atoms with Gasteiger partial charge in [-0.15, -0.1) is 5.53 Å². The Morgan fingerprint density at radius 3 is 2.67 bits per heavy atom. The third-order valence-electron chi connectivity index (χ3n) is 7.51. The van der Waals surface area contributed by atoms with Gasteiger partial charge in [0.05, 0.1) is 33.5 Å². The number of rotatable bonds is 7. The zero-order valence-corrected chi connectivity index (χ0v) is 23.9. The summed E-state index contributed by atoms with van der Waals surface area (Å²) < 4.78 is 43.5. The van der Waals surface area contributed by atoms with Gasteiger partial charge in [0.15, 0.2) is 5.54 Å². The van der Waals surface area contributed by atoms with Gasteiger partial charge in [-0.05, 0) is 42.0 Å². The molecule has 1 aromatic carbocycles. The molecule has 3 aromatic heterocycles. The van der Waals surface area contributed by atoms with Gasteiger partial charge in [-0.25, -0.2) is 4.98 Å². The number of benzene rings is 1. The minimum atomic E-state index is -4.39. The monoisotopic (exact) mass is 595 g/mol. The summed E-state index contributed by atoms with van der Waals surface area (Å²) in [7, 11) is 0. The van der Waals surface area contributed by atoms with Crippen molar-refractivity contribution in [2.24, 2.45) is 5.41 Å². The molecule has 1 fully saturated rings. The lowest BCUT2D eigenvalue weighted by atomic mass is 9.96. The van der Waals surface area contributed by atoms with Crippen LogP contribution in [0.5, 0.6) is 0 Å². The van der Waals surface area contributed by atoms with Crippen molar-refractivity contribution in [3.63, 3.8) is 0 Å². The van der Waals surface area contributed by atoms with Crippen molar-refractivity contribution >= 4 is 39.5 Å². The number of halogens is 4. The number of nitrogens with zero attached hydrogens (tertiary/aromatic N) is 5. The summed E-state index contributed by atoms with van der Waals surface area (Å²) in [6, 6.07) is 8.88. The Labute approximate surface area is 245 Å². The van der Waals surface area contributed by atoms with E-state index in [0.29, 0.717) is 45.1 Å². The van der Waals surface area contributed by atoms with E-state index in [0.717, 1.165) is 16.2 Å². The second-order valence-corrected chi connectivity index (χ2v) is 12.3. The summed E-state index contributed by atoms with van der Waals surface area (Å²) in [4.78, 5) is 8.72. The second-order valence-electron chi connectivity index (χ2n) is 11.9. The summed E-state index contributed by atoms with van der Waals surface area (Å²) in [5.74, 6) is 0. The minimum Gasteiger partial charge on any atom is -0.383 e. The summed E-state index contributed by atoms with van der Waals surface area (Å²) in [5, 5.41) is 18.8. The van der Waals surface area contributed by atoms with Crippen LogP contribution in [-0.2, 0) is 0 Å². The van der Waals surface area contributed by atoms with Crippen LogP contribution in [0, 0.1) is 16.7 Å². The van der Waals surface area contributed by atoms with E-state index in [1.54, 1.807) is 18.5 Å². The predicted molar refractivity (Wildman–Crippen MR) is 155 cm³/mol. The maximum absolute atomic E-state index is 13.9. The summed E-state index contributed by atoms with van der Waals surface area (Å²) in [5.41, 5.74) is 7.76. The molecule has 4 heterocycles. The number of imidazole rings is 1. The normalized spacial score (nSPS) is 17.1. The van der Waals surface area contributed by atoms with Gasteiger partial charge in [-0.2, -0.15) is 18.4 Å². The average Bonchev–Trinajstić information content (AvgIpc) is 3.39. The fourth-order valence-electron chi connectivity index (χ4n) is 5.07. The number of pyridine rings is 2. The highest BCUT2D eigenvalue weighted by atomic mass is 35.5. The smallest absolute Gasteiger partial charge is 0.383 e. The molecule has 0 spiro atoms. The maximum Gasteiger partial charge on any atom is 0.413 e. The molecule has 13 heteroatoms. The Morgan fingerprint density at radius 2 is 1.98 bits per heavy atom. The van der Waals surface area contributed by atoms with Gasteiger partial charge in [0.2, 0.25) is 0 Å². The molecule has 1 saturated carbocycles. The lowest BCUT2D eigenvalue weighted by Gasteiger charge is -2.28. The van der Waals surface area contributed by atoms with Crippen molar-refractivity contribution in [1.82, 2.24) is 30.3 Å². The van der Waals surface area contributed by atoms with Crippen molar-refractivity contribution in [1.29, 1.82) is 5.26 Å². The van der Waals surface area contributed by atoms with E-state index in [9.17, 15) is 18.4 Å². The summed E-state index contributed by atoms with van der Waals surface area (Å²) in [6.45, 7) is 6.85. The Kier molecular flexibility index (Phi) is 6.62. The summed E-state index contributed by atoms with van der Waals surface area (Å²) in [6.07, 6.45) is 3.93. The molecule has 0 unspecified atom stereocenters. The zero-order chi connectivity index (χ0) is 29.9. The van der Waals surface area contributed by atoms with Gasteiger partial charge in [0.25, 0.3) is 0 Å². The number of nitrogens with one attached hydrogen (secondary N) is 4. The van der Waals surface area contributed by atoms with Crippen LogP contribution in [0.1, 0.15) is 50.8 Å². The number of hydrogen-bond donors (Lipinski definition) is 4. The van der Waals surface area contributed by atoms with Crippen LogP contribution in [0.25, 0.3) is 16.6 Å². The van der Waals surface area contributed by atoms with Crippen LogP contribution in [0.3, 0.4) is 0 Å². The van der Waals surface area contributed by atoms with Crippen LogP contribution in [0.4, 0.5) is 24.5 Å². The largest absolute Gasteiger partial charge is 0.413 e. The molecule has 0 radical (unpaired) electrons. The van der Waals surface area contributed by atoms with Gasteiger partial charge in [-0.1, -0.05) is 38.4 Å². The van der Waals surface area contributed by atoms with Crippen molar-refractivity contribution in [3.8, 4) is 6.07 Å². The van der Waals surface area contributed by atoms with Gasteiger partial charge < -0.3 is 20.5 Å².